The first-order valence-corrected chi connectivity index (χ1v) is 12.1. The van der Waals surface area contributed by atoms with Gasteiger partial charge in [-0.05, 0) is 62.8 Å². The van der Waals surface area contributed by atoms with Crippen molar-refractivity contribution in [1.82, 2.24) is 0 Å². The van der Waals surface area contributed by atoms with Crippen LogP contribution < -0.4 is 0 Å². The molecule has 0 unspecified atom stereocenters. The van der Waals surface area contributed by atoms with Gasteiger partial charge in [-0.1, -0.05) is 11.8 Å². The molecule has 2 aliphatic rings. The van der Waals surface area contributed by atoms with E-state index in [1.54, 1.807) is 0 Å². The first-order valence-electron chi connectivity index (χ1n) is 12.1. The van der Waals surface area contributed by atoms with E-state index in [2.05, 4.69) is 11.8 Å². The summed E-state index contributed by atoms with van der Waals surface area (Å²) in [6.45, 7) is 0. The second-order valence-electron chi connectivity index (χ2n) is 8.90. The third kappa shape index (κ3) is 7.17. The van der Waals surface area contributed by atoms with Crippen molar-refractivity contribution < 1.29 is 28.9 Å². The number of nitrogens with zero attached hydrogens (tertiary/aromatic N) is 2. The van der Waals surface area contributed by atoms with Gasteiger partial charge in [0.25, 0.3) is 11.4 Å². The Hall–Kier alpha value is -4.70. The van der Waals surface area contributed by atoms with Crippen molar-refractivity contribution in [3.05, 3.63) is 79.9 Å². The number of hydrogen-bond donors (Lipinski definition) is 0. The van der Waals surface area contributed by atoms with Crippen LogP contribution in [-0.2, 0) is 9.47 Å². The van der Waals surface area contributed by atoms with Crippen LogP contribution in [0, 0.1) is 56.8 Å². The molecule has 196 valence electrons. The number of benzene rings is 2. The number of terminal acetylenes is 2. The Kier molecular flexibility index (Phi) is 9.55. The van der Waals surface area contributed by atoms with Gasteiger partial charge in [-0.2, -0.15) is 0 Å². The van der Waals surface area contributed by atoms with E-state index in [1.165, 1.54) is 48.5 Å². The maximum absolute atomic E-state index is 11.9. The second-order valence-corrected chi connectivity index (χ2v) is 8.90. The number of nitro groups is 2. The predicted octanol–water partition coefficient (Wildman–Crippen LogP) is 5.11. The minimum Gasteiger partial charge on any atom is -0.457 e. The van der Waals surface area contributed by atoms with E-state index < -0.39 is 21.8 Å². The molecule has 0 heterocycles. The summed E-state index contributed by atoms with van der Waals surface area (Å²) in [6, 6.07) is 10.7. The van der Waals surface area contributed by atoms with Crippen LogP contribution >= 0.6 is 0 Å². The van der Waals surface area contributed by atoms with Crippen LogP contribution in [0.1, 0.15) is 59.2 Å². The summed E-state index contributed by atoms with van der Waals surface area (Å²) in [4.78, 5) is 43.8. The molecule has 0 radical (unpaired) electrons. The first kappa shape index (κ1) is 27.9. The quantitative estimate of drug-likeness (QED) is 0.223. The molecule has 0 amide bonds. The SMILES string of the molecule is C#C[C@@H]1CCC[C@@H]1OC(=O)c1ccc([N+](=O)[O-])cc1.C#C[C@H]1CCC[C@H]1OC(=O)c1ccc([N+](=O)[O-])cc1. The number of esters is 2. The lowest BCUT2D eigenvalue weighted by molar-refractivity contribution is -0.385. The lowest BCUT2D eigenvalue weighted by Crippen LogP contribution is -2.21. The summed E-state index contributed by atoms with van der Waals surface area (Å²) in [5.41, 5.74) is 0.486. The molecular formula is C28H26N2O8. The van der Waals surface area contributed by atoms with Crippen molar-refractivity contribution >= 4 is 23.3 Å². The fourth-order valence-corrected chi connectivity index (χ4v) is 4.36. The summed E-state index contributed by atoms with van der Waals surface area (Å²) < 4.78 is 10.7. The van der Waals surface area contributed by atoms with Crippen LogP contribution in [0.15, 0.2) is 48.5 Å². The van der Waals surface area contributed by atoms with Crippen LogP contribution in [0.25, 0.3) is 0 Å². The van der Waals surface area contributed by atoms with Gasteiger partial charge < -0.3 is 9.47 Å². The van der Waals surface area contributed by atoms with Crippen LogP contribution in [0.2, 0.25) is 0 Å². The average Bonchev–Trinajstić information content (AvgIpc) is 3.57. The summed E-state index contributed by atoms with van der Waals surface area (Å²) in [5, 5.41) is 21.0. The van der Waals surface area contributed by atoms with Crippen LogP contribution in [0.5, 0.6) is 0 Å². The Balaban J connectivity index is 0.000000211. The van der Waals surface area contributed by atoms with Crippen molar-refractivity contribution in [2.45, 2.75) is 50.7 Å². The maximum atomic E-state index is 11.9. The highest BCUT2D eigenvalue weighted by Crippen LogP contribution is 2.29. The Morgan fingerprint density at radius 1 is 0.684 bits per heavy atom. The summed E-state index contributed by atoms with van der Waals surface area (Å²) >= 11 is 0. The van der Waals surface area contributed by atoms with Crippen molar-refractivity contribution in [3.8, 4) is 24.7 Å². The number of carbonyl (C=O) groups is 2. The van der Waals surface area contributed by atoms with Gasteiger partial charge in [0.2, 0.25) is 0 Å². The summed E-state index contributed by atoms with van der Waals surface area (Å²) in [6.07, 6.45) is 15.5. The molecule has 0 N–H and O–H groups in total. The van der Waals surface area contributed by atoms with E-state index in [0.717, 1.165) is 38.5 Å². The molecule has 2 saturated carbocycles. The zero-order valence-electron chi connectivity index (χ0n) is 20.5. The maximum Gasteiger partial charge on any atom is 0.338 e. The third-order valence-corrected chi connectivity index (χ3v) is 6.48. The molecular weight excluding hydrogens is 492 g/mol. The predicted molar refractivity (Wildman–Crippen MR) is 137 cm³/mol. The Morgan fingerprint density at radius 3 is 1.32 bits per heavy atom. The minimum atomic E-state index is -0.513. The van der Waals surface area contributed by atoms with Gasteiger partial charge in [0, 0.05) is 24.3 Å². The summed E-state index contributed by atoms with van der Waals surface area (Å²) in [5.74, 6) is 4.24. The van der Waals surface area contributed by atoms with E-state index in [-0.39, 0.29) is 35.4 Å². The molecule has 0 saturated heterocycles. The van der Waals surface area contributed by atoms with Gasteiger partial charge in [0.15, 0.2) is 0 Å². The van der Waals surface area contributed by atoms with Crippen molar-refractivity contribution in [1.29, 1.82) is 0 Å². The molecule has 10 nitrogen and oxygen atoms in total. The molecule has 0 aromatic heterocycles. The molecule has 4 atom stereocenters. The highest BCUT2D eigenvalue weighted by Gasteiger charge is 2.30. The smallest absolute Gasteiger partial charge is 0.338 e. The highest BCUT2D eigenvalue weighted by molar-refractivity contribution is 5.90. The molecule has 2 aliphatic carbocycles. The lowest BCUT2D eigenvalue weighted by atomic mass is 10.1. The lowest BCUT2D eigenvalue weighted by Gasteiger charge is -2.15. The number of rotatable bonds is 6. The van der Waals surface area contributed by atoms with Gasteiger partial charge in [0.1, 0.15) is 12.2 Å². The number of ether oxygens (including phenoxy) is 2. The van der Waals surface area contributed by atoms with E-state index in [4.69, 9.17) is 22.3 Å². The Labute approximate surface area is 219 Å². The van der Waals surface area contributed by atoms with Crippen molar-refractivity contribution in [3.63, 3.8) is 0 Å². The summed E-state index contributed by atoms with van der Waals surface area (Å²) in [7, 11) is 0. The molecule has 0 aliphatic heterocycles. The number of carbonyl (C=O) groups excluding carboxylic acids is 2. The number of hydrogen-bond acceptors (Lipinski definition) is 8. The molecule has 2 aromatic carbocycles. The van der Waals surface area contributed by atoms with E-state index in [0.29, 0.717) is 11.1 Å². The van der Waals surface area contributed by atoms with Crippen molar-refractivity contribution in [2.24, 2.45) is 11.8 Å². The standard InChI is InChI=1S/2C14H13NO4/c2*1-2-10-4-3-5-13(10)19-14(16)11-6-8-12(9-7-11)15(17)18/h2*1,6-10,13H,3-5H2/t2*10-,13+/m10/s1. The zero-order valence-corrected chi connectivity index (χ0v) is 20.5. The Morgan fingerprint density at radius 2 is 1.03 bits per heavy atom. The first-order chi connectivity index (χ1) is 18.2. The molecule has 4 rings (SSSR count). The normalized spacial score (nSPS) is 21.6. The molecule has 10 heteroatoms. The third-order valence-electron chi connectivity index (χ3n) is 6.48. The van der Waals surface area contributed by atoms with Crippen molar-refractivity contribution in [2.75, 3.05) is 0 Å². The zero-order chi connectivity index (χ0) is 27.7. The van der Waals surface area contributed by atoms with Crippen LogP contribution in [-0.4, -0.2) is 34.0 Å². The fraction of sp³-hybridized carbons (Fsp3) is 0.357. The minimum absolute atomic E-state index is 0.0259. The van der Waals surface area contributed by atoms with Gasteiger partial charge in [-0.25, -0.2) is 9.59 Å². The number of nitro benzene ring substituents is 2. The van der Waals surface area contributed by atoms with Crippen LogP contribution in [0.3, 0.4) is 0 Å². The largest absolute Gasteiger partial charge is 0.457 e. The van der Waals surface area contributed by atoms with Gasteiger partial charge in [-0.3, -0.25) is 20.2 Å². The monoisotopic (exact) mass is 518 g/mol. The topological polar surface area (TPSA) is 139 Å². The molecule has 0 bridgehead atoms. The van der Waals surface area contributed by atoms with E-state index in [9.17, 15) is 29.8 Å². The van der Waals surface area contributed by atoms with Gasteiger partial charge in [-0.15, -0.1) is 12.8 Å². The average molecular weight is 519 g/mol. The molecule has 2 aromatic rings. The molecule has 0 spiro atoms. The Bertz CT molecular complexity index is 1160. The second kappa shape index (κ2) is 13.0. The van der Waals surface area contributed by atoms with Gasteiger partial charge in [0.05, 0.1) is 32.8 Å². The molecule has 2 fully saturated rings. The van der Waals surface area contributed by atoms with Crippen LogP contribution in [0.4, 0.5) is 11.4 Å². The number of non-ortho nitro benzene ring substituents is 2. The van der Waals surface area contributed by atoms with E-state index in [1.807, 2.05) is 0 Å². The molecule has 38 heavy (non-hydrogen) atoms. The fourth-order valence-electron chi connectivity index (χ4n) is 4.36. The van der Waals surface area contributed by atoms with Gasteiger partial charge >= 0.3 is 11.9 Å². The highest BCUT2D eigenvalue weighted by atomic mass is 16.6. The van der Waals surface area contributed by atoms with E-state index >= 15 is 0 Å².